The summed E-state index contributed by atoms with van der Waals surface area (Å²) in [5.41, 5.74) is 1.18. The number of hydrogen-bond donors (Lipinski definition) is 1. The standard InChI is InChI=1S/C14H24N2O/c1-12(11-17)7-8-13-9-10-16(15-13)14-5-3-2-4-6-14/h9-10,12,14,17H,2-8,11H2,1H3. The molecule has 96 valence electrons. The van der Waals surface area contributed by atoms with Crippen molar-refractivity contribution in [3.8, 4) is 0 Å². The fourth-order valence-corrected chi connectivity index (χ4v) is 2.55. The third kappa shape index (κ3) is 3.56. The van der Waals surface area contributed by atoms with Gasteiger partial charge in [-0.05, 0) is 37.7 Å². The number of nitrogens with zero attached hydrogens (tertiary/aromatic N) is 2. The van der Waals surface area contributed by atoms with Crippen molar-refractivity contribution in [2.24, 2.45) is 5.92 Å². The predicted molar refractivity (Wildman–Crippen MR) is 68.9 cm³/mol. The van der Waals surface area contributed by atoms with Crippen molar-refractivity contribution < 1.29 is 5.11 Å². The minimum Gasteiger partial charge on any atom is -0.396 e. The van der Waals surface area contributed by atoms with Crippen molar-refractivity contribution in [2.75, 3.05) is 6.61 Å². The van der Waals surface area contributed by atoms with Crippen LogP contribution in [0.2, 0.25) is 0 Å². The first-order valence-corrected chi connectivity index (χ1v) is 6.94. The Bertz CT molecular complexity index is 329. The Morgan fingerprint density at radius 1 is 1.41 bits per heavy atom. The quantitative estimate of drug-likeness (QED) is 0.853. The van der Waals surface area contributed by atoms with Gasteiger partial charge in [-0.2, -0.15) is 5.10 Å². The van der Waals surface area contributed by atoms with Gasteiger partial charge in [0.05, 0.1) is 11.7 Å². The third-order valence-corrected chi connectivity index (χ3v) is 3.82. The van der Waals surface area contributed by atoms with Crippen LogP contribution in [0, 0.1) is 5.92 Å². The molecule has 1 heterocycles. The van der Waals surface area contributed by atoms with Crippen LogP contribution in [0.1, 0.15) is 57.2 Å². The highest BCUT2D eigenvalue weighted by atomic mass is 16.3. The maximum absolute atomic E-state index is 9.00. The summed E-state index contributed by atoms with van der Waals surface area (Å²) in [4.78, 5) is 0. The van der Waals surface area contributed by atoms with Crippen LogP contribution in [0.15, 0.2) is 12.3 Å². The zero-order valence-electron chi connectivity index (χ0n) is 10.8. The fourth-order valence-electron chi connectivity index (χ4n) is 2.55. The number of aliphatic hydroxyl groups excluding tert-OH is 1. The third-order valence-electron chi connectivity index (χ3n) is 3.82. The van der Waals surface area contributed by atoms with E-state index >= 15 is 0 Å². The molecule has 0 spiro atoms. The molecule has 1 aliphatic carbocycles. The lowest BCUT2D eigenvalue weighted by Gasteiger charge is -2.21. The maximum atomic E-state index is 9.00. The Balaban J connectivity index is 1.86. The number of aryl methyl sites for hydroxylation is 1. The summed E-state index contributed by atoms with van der Waals surface area (Å²) in [6.07, 6.45) is 10.8. The number of rotatable bonds is 5. The minimum atomic E-state index is 0.281. The molecule has 1 aromatic heterocycles. The van der Waals surface area contributed by atoms with Crippen molar-refractivity contribution >= 4 is 0 Å². The Morgan fingerprint density at radius 2 is 2.18 bits per heavy atom. The molecule has 1 fully saturated rings. The molecule has 0 bridgehead atoms. The van der Waals surface area contributed by atoms with E-state index in [9.17, 15) is 0 Å². The molecule has 0 radical (unpaired) electrons. The monoisotopic (exact) mass is 236 g/mol. The first kappa shape index (κ1) is 12.6. The number of hydrogen-bond acceptors (Lipinski definition) is 2. The molecule has 3 heteroatoms. The van der Waals surface area contributed by atoms with E-state index in [0.29, 0.717) is 12.0 Å². The molecule has 17 heavy (non-hydrogen) atoms. The SMILES string of the molecule is CC(CO)CCc1ccn(C2CCCCC2)n1. The lowest BCUT2D eigenvalue weighted by atomic mass is 9.96. The molecule has 0 saturated heterocycles. The van der Waals surface area contributed by atoms with Crippen LogP contribution in [-0.4, -0.2) is 21.5 Å². The molecule has 0 aliphatic heterocycles. The van der Waals surface area contributed by atoms with Crippen LogP contribution in [0.4, 0.5) is 0 Å². The van der Waals surface area contributed by atoms with E-state index < -0.39 is 0 Å². The van der Waals surface area contributed by atoms with Crippen LogP contribution in [0.25, 0.3) is 0 Å². The molecule has 1 N–H and O–H groups in total. The van der Waals surface area contributed by atoms with E-state index in [-0.39, 0.29) is 6.61 Å². The van der Waals surface area contributed by atoms with Gasteiger partial charge in [0, 0.05) is 12.8 Å². The fraction of sp³-hybridized carbons (Fsp3) is 0.786. The van der Waals surface area contributed by atoms with E-state index in [1.807, 2.05) is 0 Å². The van der Waals surface area contributed by atoms with Gasteiger partial charge in [0.2, 0.25) is 0 Å². The Labute approximate surface area is 104 Å². The normalized spacial score (nSPS) is 19.4. The molecule has 0 aromatic carbocycles. The Morgan fingerprint density at radius 3 is 2.88 bits per heavy atom. The van der Waals surface area contributed by atoms with Gasteiger partial charge in [-0.15, -0.1) is 0 Å². The highest BCUT2D eigenvalue weighted by Crippen LogP contribution is 2.27. The van der Waals surface area contributed by atoms with Crippen molar-refractivity contribution in [1.29, 1.82) is 0 Å². The van der Waals surface area contributed by atoms with E-state index in [1.54, 1.807) is 0 Å². The van der Waals surface area contributed by atoms with Gasteiger partial charge in [-0.1, -0.05) is 26.2 Å². The van der Waals surface area contributed by atoms with Crippen molar-refractivity contribution in [3.63, 3.8) is 0 Å². The zero-order chi connectivity index (χ0) is 12.1. The van der Waals surface area contributed by atoms with Crippen LogP contribution >= 0.6 is 0 Å². The van der Waals surface area contributed by atoms with Crippen LogP contribution < -0.4 is 0 Å². The first-order chi connectivity index (χ1) is 8.29. The molecular weight excluding hydrogens is 212 g/mol. The van der Waals surface area contributed by atoms with Gasteiger partial charge in [0.15, 0.2) is 0 Å². The first-order valence-electron chi connectivity index (χ1n) is 6.94. The minimum absolute atomic E-state index is 0.281. The average molecular weight is 236 g/mol. The summed E-state index contributed by atoms with van der Waals surface area (Å²) in [6, 6.07) is 2.77. The maximum Gasteiger partial charge on any atom is 0.0624 e. The molecule has 1 unspecified atom stereocenters. The molecular formula is C14H24N2O. The average Bonchev–Trinajstić information content (AvgIpc) is 2.86. The van der Waals surface area contributed by atoms with Crippen LogP contribution in [0.3, 0.4) is 0 Å². The van der Waals surface area contributed by atoms with E-state index in [4.69, 9.17) is 5.11 Å². The highest BCUT2D eigenvalue weighted by Gasteiger charge is 2.15. The van der Waals surface area contributed by atoms with Gasteiger partial charge < -0.3 is 5.11 Å². The van der Waals surface area contributed by atoms with E-state index in [2.05, 4.69) is 29.0 Å². The van der Waals surface area contributed by atoms with Crippen molar-refractivity contribution in [2.45, 2.75) is 57.9 Å². The Kier molecular flexibility index (Phi) is 4.60. The molecule has 1 aliphatic rings. The van der Waals surface area contributed by atoms with Gasteiger partial charge >= 0.3 is 0 Å². The molecule has 1 aromatic rings. The number of aliphatic hydroxyl groups is 1. The molecule has 1 saturated carbocycles. The van der Waals surface area contributed by atoms with Crippen LogP contribution in [-0.2, 0) is 6.42 Å². The summed E-state index contributed by atoms with van der Waals surface area (Å²) < 4.78 is 2.16. The summed E-state index contributed by atoms with van der Waals surface area (Å²) in [5.74, 6) is 0.384. The Hall–Kier alpha value is -0.830. The smallest absolute Gasteiger partial charge is 0.0624 e. The van der Waals surface area contributed by atoms with Crippen LogP contribution in [0.5, 0.6) is 0 Å². The highest BCUT2D eigenvalue weighted by molar-refractivity contribution is 5.00. The van der Waals surface area contributed by atoms with E-state index in [0.717, 1.165) is 12.8 Å². The second-order valence-corrected chi connectivity index (χ2v) is 5.41. The predicted octanol–water partition coefficient (Wildman–Crippen LogP) is 2.95. The zero-order valence-corrected chi connectivity index (χ0v) is 10.8. The molecule has 2 rings (SSSR count). The summed E-state index contributed by atoms with van der Waals surface area (Å²) in [5, 5.41) is 13.7. The molecule has 3 nitrogen and oxygen atoms in total. The second-order valence-electron chi connectivity index (χ2n) is 5.41. The lowest BCUT2D eigenvalue weighted by Crippen LogP contribution is -2.13. The molecule has 1 atom stereocenters. The van der Waals surface area contributed by atoms with Gasteiger partial charge in [-0.25, -0.2) is 0 Å². The molecule has 0 amide bonds. The summed E-state index contributed by atoms with van der Waals surface area (Å²) in [6.45, 7) is 2.36. The van der Waals surface area contributed by atoms with E-state index in [1.165, 1.54) is 37.8 Å². The summed E-state index contributed by atoms with van der Waals surface area (Å²) in [7, 11) is 0. The van der Waals surface area contributed by atoms with Crippen molar-refractivity contribution in [1.82, 2.24) is 9.78 Å². The summed E-state index contributed by atoms with van der Waals surface area (Å²) >= 11 is 0. The topological polar surface area (TPSA) is 38.0 Å². The second kappa shape index (κ2) is 6.20. The van der Waals surface area contributed by atoms with Gasteiger partial charge in [-0.3, -0.25) is 4.68 Å². The van der Waals surface area contributed by atoms with Gasteiger partial charge in [0.1, 0.15) is 0 Å². The number of aromatic nitrogens is 2. The van der Waals surface area contributed by atoms with Crippen molar-refractivity contribution in [3.05, 3.63) is 18.0 Å². The largest absolute Gasteiger partial charge is 0.396 e. The lowest BCUT2D eigenvalue weighted by molar-refractivity contribution is 0.230. The van der Waals surface area contributed by atoms with Gasteiger partial charge in [0.25, 0.3) is 0 Å².